The summed E-state index contributed by atoms with van der Waals surface area (Å²) >= 11 is 12.1. The first kappa shape index (κ1) is 21.9. The van der Waals surface area contributed by atoms with Crippen LogP contribution in [0.2, 0.25) is 10.0 Å². The molecule has 7 heteroatoms. The van der Waals surface area contributed by atoms with Crippen LogP contribution in [0.15, 0.2) is 71.6 Å². The van der Waals surface area contributed by atoms with Gasteiger partial charge in [-0.25, -0.2) is 8.42 Å². The normalized spacial score (nSPS) is 19.8. The number of halogens is 2. The van der Waals surface area contributed by atoms with Crippen LogP contribution in [-0.2, 0) is 23.0 Å². The summed E-state index contributed by atoms with van der Waals surface area (Å²) in [6.45, 7) is 2.97. The first-order valence-electron chi connectivity index (χ1n) is 10.8. The van der Waals surface area contributed by atoms with Gasteiger partial charge in [-0.05, 0) is 59.4 Å². The average Bonchev–Trinajstić information content (AvgIpc) is 3.32. The molecule has 0 bridgehead atoms. The first-order chi connectivity index (χ1) is 15.4. The minimum absolute atomic E-state index is 0.258. The molecule has 0 saturated carbocycles. The van der Waals surface area contributed by atoms with Crippen molar-refractivity contribution >= 4 is 33.2 Å². The maximum Gasteiger partial charge on any atom is 0.243 e. The second-order valence-electron chi connectivity index (χ2n) is 8.45. The van der Waals surface area contributed by atoms with Crippen LogP contribution >= 0.6 is 23.2 Å². The average molecular weight is 487 g/mol. The molecule has 1 fully saturated rings. The third kappa shape index (κ3) is 4.20. The van der Waals surface area contributed by atoms with Crippen LogP contribution in [0.3, 0.4) is 0 Å². The predicted octanol–water partition coefficient (Wildman–Crippen LogP) is 5.48. The van der Waals surface area contributed by atoms with Gasteiger partial charge < -0.3 is 0 Å². The van der Waals surface area contributed by atoms with Crippen molar-refractivity contribution in [2.45, 2.75) is 30.3 Å². The minimum Gasteiger partial charge on any atom is -0.294 e. The zero-order valence-corrected chi connectivity index (χ0v) is 19.9. The molecule has 1 saturated heterocycles. The van der Waals surface area contributed by atoms with Crippen molar-refractivity contribution in [1.82, 2.24) is 9.21 Å². The molecule has 32 heavy (non-hydrogen) atoms. The predicted molar refractivity (Wildman–Crippen MR) is 130 cm³/mol. The Hall–Kier alpha value is -1.89. The molecule has 0 aromatic heterocycles. The highest BCUT2D eigenvalue weighted by atomic mass is 35.5. The zero-order chi connectivity index (χ0) is 22.3. The molecule has 166 valence electrons. The van der Waals surface area contributed by atoms with Crippen molar-refractivity contribution in [3.8, 4) is 11.1 Å². The molecule has 5 rings (SSSR count). The summed E-state index contributed by atoms with van der Waals surface area (Å²) < 4.78 is 28.2. The van der Waals surface area contributed by atoms with E-state index in [2.05, 4.69) is 29.2 Å². The highest BCUT2D eigenvalue weighted by Crippen LogP contribution is 2.31. The van der Waals surface area contributed by atoms with Gasteiger partial charge in [0.1, 0.15) is 0 Å². The van der Waals surface area contributed by atoms with E-state index in [-0.39, 0.29) is 6.04 Å². The van der Waals surface area contributed by atoms with Crippen LogP contribution in [0.4, 0.5) is 0 Å². The molecule has 3 aromatic rings. The van der Waals surface area contributed by atoms with Crippen molar-refractivity contribution in [2.75, 3.05) is 19.6 Å². The number of sulfonamides is 1. The highest BCUT2D eigenvalue weighted by Gasteiger charge is 2.36. The Labute approximate surface area is 199 Å². The Balaban J connectivity index is 1.29. The lowest BCUT2D eigenvalue weighted by Crippen LogP contribution is -2.41. The molecule has 0 radical (unpaired) electrons. The van der Waals surface area contributed by atoms with Gasteiger partial charge in [0.15, 0.2) is 0 Å². The topological polar surface area (TPSA) is 40.6 Å². The summed E-state index contributed by atoms with van der Waals surface area (Å²) in [6, 6.07) is 21.2. The Morgan fingerprint density at radius 1 is 0.812 bits per heavy atom. The molecule has 0 aliphatic carbocycles. The number of benzene rings is 3. The van der Waals surface area contributed by atoms with Crippen molar-refractivity contribution in [1.29, 1.82) is 0 Å². The third-order valence-corrected chi connectivity index (χ3v) is 9.17. The summed E-state index contributed by atoms with van der Waals surface area (Å²) in [4.78, 5) is 2.76. The van der Waals surface area contributed by atoms with Crippen LogP contribution in [0, 0.1) is 0 Å². The molecule has 2 heterocycles. The molecule has 2 aliphatic rings. The molecular formula is C25H24Cl2N2O2S. The van der Waals surface area contributed by atoms with Gasteiger partial charge in [0.25, 0.3) is 0 Å². The van der Waals surface area contributed by atoms with E-state index >= 15 is 0 Å². The fourth-order valence-electron chi connectivity index (χ4n) is 4.70. The maximum atomic E-state index is 13.3. The summed E-state index contributed by atoms with van der Waals surface area (Å²) in [6.07, 6.45) is 1.89. The first-order valence-corrected chi connectivity index (χ1v) is 13.0. The van der Waals surface area contributed by atoms with Gasteiger partial charge in [-0.15, -0.1) is 0 Å². The van der Waals surface area contributed by atoms with E-state index in [1.54, 1.807) is 28.6 Å². The van der Waals surface area contributed by atoms with Gasteiger partial charge in [0.2, 0.25) is 10.0 Å². The van der Waals surface area contributed by atoms with Gasteiger partial charge in [-0.2, -0.15) is 4.31 Å². The maximum absolute atomic E-state index is 13.3. The smallest absolute Gasteiger partial charge is 0.243 e. The molecule has 2 aliphatic heterocycles. The molecule has 1 atom stereocenters. The Kier molecular flexibility index (Phi) is 6.03. The van der Waals surface area contributed by atoms with Crippen LogP contribution in [0.1, 0.15) is 17.5 Å². The van der Waals surface area contributed by atoms with E-state index in [4.69, 9.17) is 23.2 Å². The van der Waals surface area contributed by atoms with Gasteiger partial charge in [0, 0.05) is 32.2 Å². The number of nitrogens with zero attached hydrogens (tertiary/aromatic N) is 2. The Morgan fingerprint density at radius 2 is 1.53 bits per heavy atom. The fourth-order valence-corrected chi connectivity index (χ4v) is 6.49. The second kappa shape index (κ2) is 8.81. The Bertz CT molecular complexity index is 1250. The van der Waals surface area contributed by atoms with E-state index in [1.165, 1.54) is 11.1 Å². The lowest BCUT2D eigenvalue weighted by atomic mass is 9.98. The molecule has 0 amide bonds. The number of hydrogen-bond acceptors (Lipinski definition) is 3. The van der Waals surface area contributed by atoms with E-state index in [0.29, 0.717) is 28.0 Å². The largest absolute Gasteiger partial charge is 0.294 e. The van der Waals surface area contributed by atoms with Crippen LogP contribution in [-0.4, -0.2) is 43.3 Å². The summed E-state index contributed by atoms with van der Waals surface area (Å²) in [7, 11) is -3.53. The standard InChI is InChI=1S/C25H24Cl2N2O2S/c26-24-10-7-20(15-25(24)27)19-5-8-23(9-6-19)32(30,31)29-14-12-22(17-29)28-13-11-18-3-1-2-4-21(18)16-28/h1-10,15,22H,11-14,16-17H2. The van der Waals surface area contributed by atoms with E-state index in [1.807, 2.05) is 18.2 Å². The quantitative estimate of drug-likeness (QED) is 0.489. The van der Waals surface area contributed by atoms with Crippen molar-refractivity contribution in [3.05, 3.63) is 87.9 Å². The van der Waals surface area contributed by atoms with Gasteiger partial charge in [-0.3, -0.25) is 4.90 Å². The van der Waals surface area contributed by atoms with Gasteiger partial charge in [0.05, 0.1) is 14.9 Å². The number of hydrogen-bond donors (Lipinski definition) is 0. The molecule has 0 spiro atoms. The van der Waals surface area contributed by atoms with Crippen molar-refractivity contribution in [3.63, 3.8) is 0 Å². The second-order valence-corrected chi connectivity index (χ2v) is 11.2. The third-order valence-electron chi connectivity index (χ3n) is 6.55. The van der Waals surface area contributed by atoms with Crippen molar-refractivity contribution in [2.24, 2.45) is 0 Å². The SMILES string of the molecule is O=S(=O)(c1ccc(-c2ccc(Cl)c(Cl)c2)cc1)N1CCC(N2CCc3ccccc3C2)C1. The summed E-state index contributed by atoms with van der Waals surface area (Å²) in [5.41, 5.74) is 4.56. The minimum atomic E-state index is -3.53. The molecule has 1 unspecified atom stereocenters. The Morgan fingerprint density at radius 3 is 2.28 bits per heavy atom. The van der Waals surface area contributed by atoms with Gasteiger partial charge in [-0.1, -0.05) is 65.7 Å². The highest BCUT2D eigenvalue weighted by molar-refractivity contribution is 7.89. The molecule has 3 aromatic carbocycles. The number of fused-ring (bicyclic) bond motifs is 1. The fraction of sp³-hybridized carbons (Fsp3) is 0.280. The molecular weight excluding hydrogens is 463 g/mol. The number of rotatable bonds is 4. The molecule has 4 nitrogen and oxygen atoms in total. The lowest BCUT2D eigenvalue weighted by molar-refractivity contribution is 0.185. The van der Waals surface area contributed by atoms with Crippen LogP contribution in [0.5, 0.6) is 0 Å². The zero-order valence-electron chi connectivity index (χ0n) is 17.5. The van der Waals surface area contributed by atoms with E-state index in [9.17, 15) is 8.42 Å². The molecule has 0 N–H and O–H groups in total. The monoisotopic (exact) mass is 486 g/mol. The van der Waals surface area contributed by atoms with Crippen molar-refractivity contribution < 1.29 is 8.42 Å². The van der Waals surface area contributed by atoms with Gasteiger partial charge >= 0.3 is 0 Å². The lowest BCUT2D eigenvalue weighted by Gasteiger charge is -2.33. The van der Waals surface area contributed by atoms with E-state index < -0.39 is 10.0 Å². The van der Waals surface area contributed by atoms with E-state index in [0.717, 1.165) is 37.1 Å². The summed E-state index contributed by atoms with van der Waals surface area (Å²) in [5.74, 6) is 0. The van der Waals surface area contributed by atoms with Crippen LogP contribution in [0.25, 0.3) is 11.1 Å². The van der Waals surface area contributed by atoms with Crippen LogP contribution < -0.4 is 0 Å². The summed E-state index contributed by atoms with van der Waals surface area (Å²) in [5, 5.41) is 0.972.